The van der Waals surface area contributed by atoms with Crippen molar-refractivity contribution in [2.45, 2.75) is 46.2 Å². The molecule has 0 bridgehead atoms. The third-order valence-electron chi connectivity index (χ3n) is 3.54. The second-order valence-electron chi connectivity index (χ2n) is 5.77. The molecule has 1 unspecified atom stereocenters. The van der Waals surface area contributed by atoms with Crippen LogP contribution in [0.15, 0.2) is 6.07 Å². The molecule has 0 aliphatic heterocycles. The highest BCUT2D eigenvalue weighted by Crippen LogP contribution is 2.20. The maximum Gasteiger partial charge on any atom is 0.331 e. The van der Waals surface area contributed by atoms with Gasteiger partial charge in [0.25, 0.3) is 5.91 Å². The van der Waals surface area contributed by atoms with E-state index in [4.69, 9.17) is 4.74 Å². The van der Waals surface area contributed by atoms with Crippen LogP contribution in [0.25, 0.3) is 0 Å². The van der Waals surface area contributed by atoms with Gasteiger partial charge in [-0.25, -0.2) is 4.79 Å². The lowest BCUT2D eigenvalue weighted by atomic mass is 10.0. The van der Waals surface area contributed by atoms with Gasteiger partial charge in [-0.2, -0.15) is 0 Å². The van der Waals surface area contributed by atoms with Gasteiger partial charge in [0, 0.05) is 24.5 Å². The first-order chi connectivity index (χ1) is 9.64. The largest absolute Gasteiger partial charge is 0.479 e. The quantitative estimate of drug-likeness (QED) is 0.840. The second kappa shape index (κ2) is 6.30. The van der Waals surface area contributed by atoms with Crippen molar-refractivity contribution in [3.63, 3.8) is 0 Å². The number of methoxy groups -OCH3 is 1. The first-order valence-electron chi connectivity index (χ1n) is 6.87. The van der Waals surface area contributed by atoms with Gasteiger partial charge in [0.2, 0.25) is 0 Å². The van der Waals surface area contributed by atoms with Crippen molar-refractivity contribution in [1.82, 2.24) is 9.88 Å². The second-order valence-corrected chi connectivity index (χ2v) is 5.77. The van der Waals surface area contributed by atoms with E-state index in [0.29, 0.717) is 5.56 Å². The van der Waals surface area contributed by atoms with Crippen molar-refractivity contribution < 1.29 is 19.4 Å². The zero-order valence-electron chi connectivity index (χ0n) is 13.5. The third-order valence-corrected chi connectivity index (χ3v) is 3.54. The number of carbonyl (C=O) groups excluding carboxylic acids is 1. The number of hydrogen-bond donors (Lipinski definition) is 2. The lowest BCUT2D eigenvalue weighted by molar-refractivity contribution is -0.145. The number of nitrogens with zero attached hydrogens (tertiary/aromatic N) is 1. The van der Waals surface area contributed by atoms with E-state index in [9.17, 15) is 14.7 Å². The number of carboxylic acid groups (broad SMARTS) is 1. The minimum atomic E-state index is -1.45. The van der Waals surface area contributed by atoms with E-state index >= 15 is 0 Å². The van der Waals surface area contributed by atoms with E-state index in [-0.39, 0.29) is 12.6 Å². The molecule has 0 spiro atoms. The van der Waals surface area contributed by atoms with Crippen LogP contribution in [0.1, 0.15) is 48.6 Å². The molecule has 1 aromatic rings. The molecule has 1 amide bonds. The fraction of sp³-hybridized carbons (Fsp3) is 0.600. The number of nitrogens with one attached hydrogen (secondary N) is 1. The van der Waals surface area contributed by atoms with Gasteiger partial charge >= 0.3 is 5.97 Å². The Morgan fingerprint density at radius 1 is 1.43 bits per heavy atom. The van der Waals surface area contributed by atoms with E-state index in [2.05, 4.69) is 5.32 Å². The summed E-state index contributed by atoms with van der Waals surface area (Å²) in [6, 6.07) is 2.01. The van der Waals surface area contributed by atoms with Gasteiger partial charge in [-0.15, -0.1) is 0 Å². The lowest BCUT2D eigenvalue weighted by Crippen LogP contribution is -2.55. The van der Waals surface area contributed by atoms with Gasteiger partial charge in [-0.3, -0.25) is 4.79 Å². The Morgan fingerprint density at radius 3 is 2.38 bits per heavy atom. The summed E-state index contributed by atoms with van der Waals surface area (Å²) < 4.78 is 6.95. The Hall–Kier alpha value is -1.82. The normalized spacial score (nSPS) is 14.0. The summed E-state index contributed by atoms with van der Waals surface area (Å²) in [7, 11) is 1.40. The zero-order chi connectivity index (χ0) is 16.4. The van der Waals surface area contributed by atoms with Gasteiger partial charge in [0.05, 0.1) is 12.2 Å². The van der Waals surface area contributed by atoms with Gasteiger partial charge in [0.15, 0.2) is 5.54 Å². The average Bonchev–Trinajstić information content (AvgIpc) is 2.64. The zero-order valence-corrected chi connectivity index (χ0v) is 13.5. The fourth-order valence-corrected chi connectivity index (χ4v) is 2.56. The number of carbonyl (C=O) groups is 2. The maximum atomic E-state index is 12.4. The molecule has 0 aliphatic carbocycles. The lowest BCUT2D eigenvalue weighted by Gasteiger charge is -2.25. The highest BCUT2D eigenvalue weighted by atomic mass is 16.5. The molecule has 1 aromatic heterocycles. The molecular formula is C15H24N2O4. The minimum absolute atomic E-state index is 0.100. The summed E-state index contributed by atoms with van der Waals surface area (Å²) in [5.41, 5.74) is 0.831. The molecule has 0 saturated heterocycles. The molecule has 0 fully saturated rings. The van der Waals surface area contributed by atoms with Gasteiger partial charge in [0.1, 0.15) is 0 Å². The average molecular weight is 296 g/mol. The van der Waals surface area contributed by atoms with Crippen LogP contribution in [0.5, 0.6) is 0 Å². The van der Waals surface area contributed by atoms with Crippen molar-refractivity contribution in [2.75, 3.05) is 13.7 Å². The number of carboxylic acids is 1. The van der Waals surface area contributed by atoms with Crippen molar-refractivity contribution in [1.29, 1.82) is 0 Å². The standard InChI is InChI=1S/C15H24N2O4/c1-9(2)17-10(3)7-12(11(17)4)13(18)16-15(5,8-21-6)14(19)20/h7,9H,8H2,1-6H3,(H,16,18)(H,19,20). The van der Waals surface area contributed by atoms with Gasteiger partial charge in [-0.1, -0.05) is 0 Å². The van der Waals surface area contributed by atoms with E-state index in [0.717, 1.165) is 11.4 Å². The molecule has 0 aromatic carbocycles. The predicted octanol–water partition coefficient (Wildman–Crippen LogP) is 1.91. The summed E-state index contributed by atoms with van der Waals surface area (Å²) in [6.45, 7) is 9.18. The Morgan fingerprint density at radius 2 is 2.00 bits per heavy atom. The summed E-state index contributed by atoms with van der Waals surface area (Å²) in [6.07, 6.45) is 0. The van der Waals surface area contributed by atoms with Gasteiger partial charge < -0.3 is 19.7 Å². The van der Waals surface area contributed by atoms with Crippen molar-refractivity contribution in [2.24, 2.45) is 0 Å². The molecule has 1 rings (SSSR count). The number of hydrogen-bond acceptors (Lipinski definition) is 3. The van der Waals surface area contributed by atoms with Crippen LogP contribution in [0.2, 0.25) is 0 Å². The van der Waals surface area contributed by atoms with E-state index in [1.807, 2.05) is 32.3 Å². The van der Waals surface area contributed by atoms with Crippen LogP contribution >= 0.6 is 0 Å². The SMILES string of the molecule is COCC(C)(NC(=O)c1cc(C)n(C(C)C)c1C)C(=O)O. The van der Waals surface area contributed by atoms with E-state index in [1.54, 1.807) is 6.07 Å². The highest BCUT2D eigenvalue weighted by molar-refractivity contribution is 5.99. The van der Waals surface area contributed by atoms with Crippen molar-refractivity contribution in [3.8, 4) is 0 Å². The molecule has 2 N–H and O–H groups in total. The number of amides is 1. The smallest absolute Gasteiger partial charge is 0.331 e. The molecular weight excluding hydrogens is 272 g/mol. The summed E-state index contributed by atoms with van der Waals surface area (Å²) >= 11 is 0. The first kappa shape index (κ1) is 17.2. The maximum absolute atomic E-state index is 12.4. The topological polar surface area (TPSA) is 80.6 Å². The number of aromatic nitrogens is 1. The van der Waals surface area contributed by atoms with E-state index in [1.165, 1.54) is 14.0 Å². The summed E-state index contributed by atoms with van der Waals surface area (Å²) in [4.78, 5) is 23.7. The molecule has 1 atom stereocenters. The molecule has 0 aliphatic rings. The summed E-state index contributed by atoms with van der Waals surface area (Å²) in [5.74, 6) is -1.53. The van der Waals surface area contributed by atoms with Crippen molar-refractivity contribution >= 4 is 11.9 Å². The fourth-order valence-electron chi connectivity index (χ4n) is 2.56. The number of rotatable bonds is 6. The third kappa shape index (κ3) is 3.44. The van der Waals surface area contributed by atoms with Crippen LogP contribution in [0.3, 0.4) is 0 Å². The molecule has 0 radical (unpaired) electrons. The van der Waals surface area contributed by atoms with Gasteiger partial charge in [-0.05, 0) is 40.7 Å². The number of aryl methyl sites for hydroxylation is 1. The minimum Gasteiger partial charge on any atom is -0.479 e. The summed E-state index contributed by atoms with van der Waals surface area (Å²) in [5, 5.41) is 11.8. The van der Waals surface area contributed by atoms with E-state index < -0.39 is 17.4 Å². The number of aliphatic carboxylic acids is 1. The molecule has 6 nitrogen and oxygen atoms in total. The predicted molar refractivity (Wildman–Crippen MR) is 79.7 cm³/mol. The van der Waals surface area contributed by atoms with Crippen LogP contribution < -0.4 is 5.32 Å². The number of ether oxygens (including phenoxy) is 1. The van der Waals surface area contributed by atoms with Crippen molar-refractivity contribution in [3.05, 3.63) is 23.0 Å². The Balaban J connectivity index is 3.10. The molecule has 6 heteroatoms. The van der Waals surface area contributed by atoms with Crippen LogP contribution in [0.4, 0.5) is 0 Å². The molecule has 21 heavy (non-hydrogen) atoms. The Bertz CT molecular complexity index is 548. The van der Waals surface area contributed by atoms with Crippen LogP contribution in [-0.4, -0.2) is 40.8 Å². The Labute approximate surface area is 125 Å². The Kier molecular flexibility index (Phi) is 5.17. The molecule has 118 valence electrons. The molecule has 0 saturated carbocycles. The van der Waals surface area contributed by atoms with Crippen LogP contribution in [0, 0.1) is 13.8 Å². The first-order valence-corrected chi connectivity index (χ1v) is 6.87. The monoisotopic (exact) mass is 296 g/mol. The van der Waals surface area contributed by atoms with Crippen LogP contribution in [-0.2, 0) is 9.53 Å². The molecule has 1 heterocycles. The highest BCUT2D eigenvalue weighted by Gasteiger charge is 2.36.